The Hall–Kier alpha value is -1.95. The zero-order valence-corrected chi connectivity index (χ0v) is 11.3. The quantitative estimate of drug-likeness (QED) is 0.703. The molecule has 0 radical (unpaired) electrons. The van der Waals surface area contributed by atoms with Crippen molar-refractivity contribution in [2.75, 3.05) is 19.8 Å². The largest absolute Gasteiger partial charge is 0.480 e. The molecule has 0 saturated heterocycles. The molecule has 110 valence electrons. The Morgan fingerprint density at radius 2 is 2.10 bits per heavy atom. The number of aliphatic carboxylic acids is 1. The van der Waals surface area contributed by atoms with Crippen molar-refractivity contribution in [2.45, 2.75) is 13.3 Å². The molecule has 5 nitrogen and oxygen atoms in total. The van der Waals surface area contributed by atoms with E-state index in [2.05, 4.69) is 5.32 Å². The molecule has 0 aliphatic carbocycles. The smallest absolute Gasteiger partial charge is 0.329 e. The fourth-order valence-electron chi connectivity index (χ4n) is 1.67. The number of carboxylic acid groups (broad SMARTS) is 1. The number of nitrogens with one attached hydrogen (secondary N) is 1. The standard InChI is InChI=1S/C14H18FNO4/c1-10(8-11-4-2-3-5-12(11)15)14(19)16-6-7-20-9-13(17)18/h2-5,10H,6-9H2,1H3,(H,16,19)(H,17,18). The van der Waals surface area contributed by atoms with Crippen LogP contribution in [-0.4, -0.2) is 36.7 Å². The summed E-state index contributed by atoms with van der Waals surface area (Å²) in [5, 5.41) is 11.0. The van der Waals surface area contributed by atoms with E-state index in [0.29, 0.717) is 12.0 Å². The number of benzene rings is 1. The van der Waals surface area contributed by atoms with Gasteiger partial charge in [-0.1, -0.05) is 25.1 Å². The third-order valence-electron chi connectivity index (χ3n) is 2.70. The highest BCUT2D eigenvalue weighted by Gasteiger charge is 2.14. The van der Waals surface area contributed by atoms with Gasteiger partial charge in [-0.2, -0.15) is 0 Å². The summed E-state index contributed by atoms with van der Waals surface area (Å²) in [4.78, 5) is 21.9. The third-order valence-corrected chi connectivity index (χ3v) is 2.70. The van der Waals surface area contributed by atoms with Crippen LogP contribution in [0.15, 0.2) is 24.3 Å². The van der Waals surface area contributed by atoms with Crippen LogP contribution in [0.3, 0.4) is 0 Å². The highest BCUT2D eigenvalue weighted by molar-refractivity contribution is 5.78. The van der Waals surface area contributed by atoms with E-state index in [1.807, 2.05) is 0 Å². The summed E-state index contributed by atoms with van der Waals surface area (Å²) in [5.41, 5.74) is 0.497. The van der Waals surface area contributed by atoms with E-state index in [0.717, 1.165) is 0 Å². The van der Waals surface area contributed by atoms with Gasteiger partial charge in [-0.25, -0.2) is 9.18 Å². The number of carbonyl (C=O) groups is 2. The van der Waals surface area contributed by atoms with E-state index in [-0.39, 0.29) is 37.4 Å². The second kappa shape index (κ2) is 8.27. The first-order valence-electron chi connectivity index (χ1n) is 6.31. The molecule has 1 aromatic rings. The molecular formula is C14H18FNO4. The monoisotopic (exact) mass is 283 g/mol. The van der Waals surface area contributed by atoms with Crippen LogP contribution in [0.25, 0.3) is 0 Å². The van der Waals surface area contributed by atoms with Crippen LogP contribution in [0.2, 0.25) is 0 Å². The SMILES string of the molecule is CC(Cc1ccccc1F)C(=O)NCCOCC(=O)O. The summed E-state index contributed by atoms with van der Waals surface area (Å²) in [7, 11) is 0. The number of halogens is 1. The number of ether oxygens (including phenoxy) is 1. The molecule has 1 rings (SSSR count). The molecule has 1 aromatic carbocycles. The summed E-state index contributed by atoms with van der Waals surface area (Å²) >= 11 is 0. The lowest BCUT2D eigenvalue weighted by atomic mass is 10.00. The second-order valence-corrected chi connectivity index (χ2v) is 4.43. The fraction of sp³-hybridized carbons (Fsp3) is 0.429. The van der Waals surface area contributed by atoms with Crippen molar-refractivity contribution in [3.8, 4) is 0 Å². The molecule has 0 aromatic heterocycles. The molecule has 1 amide bonds. The molecule has 1 unspecified atom stereocenters. The van der Waals surface area contributed by atoms with Gasteiger partial charge in [0.1, 0.15) is 12.4 Å². The molecule has 6 heteroatoms. The molecule has 0 saturated carbocycles. The molecule has 0 aliphatic rings. The van der Waals surface area contributed by atoms with Gasteiger partial charge >= 0.3 is 5.97 Å². The summed E-state index contributed by atoms with van der Waals surface area (Å²) in [6.45, 7) is 1.68. The van der Waals surface area contributed by atoms with Crippen molar-refractivity contribution in [3.63, 3.8) is 0 Å². The van der Waals surface area contributed by atoms with E-state index in [1.165, 1.54) is 6.07 Å². The molecule has 0 aliphatic heterocycles. The maximum atomic E-state index is 13.4. The average Bonchev–Trinajstić information content (AvgIpc) is 2.40. The lowest BCUT2D eigenvalue weighted by Gasteiger charge is -2.12. The summed E-state index contributed by atoms with van der Waals surface area (Å²) in [5.74, 6) is -1.96. The maximum Gasteiger partial charge on any atom is 0.329 e. The predicted octanol–water partition coefficient (Wildman–Crippen LogP) is 1.22. The van der Waals surface area contributed by atoms with E-state index in [4.69, 9.17) is 9.84 Å². The number of amides is 1. The van der Waals surface area contributed by atoms with Gasteiger partial charge in [-0.3, -0.25) is 4.79 Å². The Morgan fingerprint density at radius 1 is 1.40 bits per heavy atom. The average molecular weight is 283 g/mol. The van der Waals surface area contributed by atoms with Crippen molar-refractivity contribution in [3.05, 3.63) is 35.6 Å². The maximum absolute atomic E-state index is 13.4. The van der Waals surface area contributed by atoms with Crippen LogP contribution in [0.4, 0.5) is 4.39 Å². The molecule has 2 N–H and O–H groups in total. The topological polar surface area (TPSA) is 75.6 Å². The lowest BCUT2D eigenvalue weighted by molar-refractivity contribution is -0.142. The van der Waals surface area contributed by atoms with E-state index in [1.54, 1.807) is 25.1 Å². The molecular weight excluding hydrogens is 265 g/mol. The second-order valence-electron chi connectivity index (χ2n) is 4.43. The molecule has 20 heavy (non-hydrogen) atoms. The normalized spacial score (nSPS) is 11.9. The predicted molar refractivity (Wildman–Crippen MR) is 70.7 cm³/mol. The van der Waals surface area contributed by atoms with E-state index >= 15 is 0 Å². The van der Waals surface area contributed by atoms with Crippen molar-refractivity contribution in [1.82, 2.24) is 5.32 Å². The zero-order valence-electron chi connectivity index (χ0n) is 11.3. The third kappa shape index (κ3) is 5.79. The molecule has 0 fully saturated rings. The van der Waals surface area contributed by atoms with Crippen LogP contribution in [-0.2, 0) is 20.7 Å². The Morgan fingerprint density at radius 3 is 2.75 bits per heavy atom. The van der Waals surface area contributed by atoms with Crippen LogP contribution >= 0.6 is 0 Å². The Kier molecular flexibility index (Phi) is 6.66. The minimum absolute atomic E-state index is 0.129. The van der Waals surface area contributed by atoms with Gasteiger partial charge in [-0.15, -0.1) is 0 Å². The minimum atomic E-state index is -1.05. The first kappa shape index (κ1) is 16.1. The Bertz CT molecular complexity index is 464. The van der Waals surface area contributed by atoms with E-state index < -0.39 is 5.97 Å². The number of hydrogen-bond donors (Lipinski definition) is 2. The summed E-state index contributed by atoms with van der Waals surface area (Å²) in [6.07, 6.45) is 0.314. The van der Waals surface area contributed by atoms with Crippen LogP contribution in [0.5, 0.6) is 0 Å². The van der Waals surface area contributed by atoms with Gasteiger partial charge in [0.15, 0.2) is 0 Å². The summed E-state index contributed by atoms with van der Waals surface area (Å²) in [6, 6.07) is 6.33. The van der Waals surface area contributed by atoms with Crippen molar-refractivity contribution >= 4 is 11.9 Å². The van der Waals surface area contributed by atoms with Crippen molar-refractivity contribution in [2.24, 2.45) is 5.92 Å². The fourth-order valence-corrected chi connectivity index (χ4v) is 1.67. The highest BCUT2D eigenvalue weighted by atomic mass is 19.1. The van der Waals surface area contributed by atoms with Crippen LogP contribution < -0.4 is 5.32 Å². The van der Waals surface area contributed by atoms with Crippen LogP contribution in [0, 0.1) is 11.7 Å². The molecule has 1 atom stereocenters. The van der Waals surface area contributed by atoms with Gasteiger partial charge in [0, 0.05) is 12.5 Å². The van der Waals surface area contributed by atoms with Gasteiger partial charge in [0.25, 0.3) is 0 Å². The Balaban J connectivity index is 2.29. The molecule has 0 bridgehead atoms. The number of carbonyl (C=O) groups excluding carboxylic acids is 1. The minimum Gasteiger partial charge on any atom is -0.480 e. The van der Waals surface area contributed by atoms with Crippen LogP contribution in [0.1, 0.15) is 12.5 Å². The van der Waals surface area contributed by atoms with Crippen molar-refractivity contribution < 1.29 is 23.8 Å². The molecule has 0 heterocycles. The zero-order chi connectivity index (χ0) is 15.0. The number of rotatable bonds is 8. The van der Waals surface area contributed by atoms with Gasteiger partial charge in [0.2, 0.25) is 5.91 Å². The first-order valence-corrected chi connectivity index (χ1v) is 6.31. The molecule has 0 spiro atoms. The number of carboxylic acids is 1. The van der Waals surface area contributed by atoms with Gasteiger partial charge < -0.3 is 15.2 Å². The van der Waals surface area contributed by atoms with E-state index in [9.17, 15) is 14.0 Å². The van der Waals surface area contributed by atoms with Gasteiger partial charge in [0.05, 0.1) is 6.61 Å². The van der Waals surface area contributed by atoms with Gasteiger partial charge in [-0.05, 0) is 18.1 Å². The summed E-state index contributed by atoms with van der Waals surface area (Å²) < 4.78 is 18.2. The van der Waals surface area contributed by atoms with Crippen molar-refractivity contribution in [1.29, 1.82) is 0 Å². The highest BCUT2D eigenvalue weighted by Crippen LogP contribution is 2.12. The number of hydrogen-bond acceptors (Lipinski definition) is 3. The lowest BCUT2D eigenvalue weighted by Crippen LogP contribution is -2.33. The Labute approximate surface area is 116 Å². The first-order chi connectivity index (χ1) is 9.50.